The Balaban J connectivity index is 4.16. The Morgan fingerprint density at radius 1 is 0.485 bits per heavy atom. The van der Waals surface area contributed by atoms with Gasteiger partial charge in [-0.15, -0.1) is 0 Å². The van der Waals surface area contributed by atoms with Gasteiger partial charge >= 0.3 is 11.9 Å². The number of quaternary nitrogens is 1. The summed E-state index contributed by atoms with van der Waals surface area (Å²) in [4.78, 5) is 37.7. The summed E-state index contributed by atoms with van der Waals surface area (Å²) in [5.41, 5.74) is 0. The lowest BCUT2D eigenvalue weighted by atomic mass is 10.0. The van der Waals surface area contributed by atoms with E-state index < -0.39 is 32.5 Å². The molecule has 0 aliphatic carbocycles. The Morgan fingerprint density at radius 3 is 1.30 bits per heavy atom. The second-order valence-corrected chi connectivity index (χ2v) is 20.6. The summed E-state index contributed by atoms with van der Waals surface area (Å²) in [6.07, 6.45) is 59.7. The van der Waals surface area contributed by atoms with E-state index in [2.05, 4.69) is 74.6 Å². The standard InChI is InChI=1S/C56H102NO8P/c1-6-8-10-12-14-16-18-20-22-23-24-25-26-27-28-29-30-31-32-33-35-37-39-41-43-45-47-49-56(59)65-54(53-64-66(60,61)63-51-50-57(3,4)5)52-62-55(58)48-46-44-42-40-38-36-34-21-19-17-15-13-11-9-7-2/h8,10,14,16,20-22,24-25,34,54H,6-7,9,11-13,15,17-19,23,26-33,35-53H2,1-5H3/b10-8-,16-14-,22-20-,25-24-,34-21-. The molecule has 0 rings (SSSR count). The molecule has 2 unspecified atom stereocenters. The third-order valence-electron chi connectivity index (χ3n) is 11.5. The first-order valence-electron chi connectivity index (χ1n) is 27.0. The molecule has 0 spiro atoms. The molecule has 0 N–H and O–H groups in total. The summed E-state index contributed by atoms with van der Waals surface area (Å²) >= 11 is 0. The van der Waals surface area contributed by atoms with E-state index >= 15 is 0 Å². The van der Waals surface area contributed by atoms with Gasteiger partial charge < -0.3 is 27.9 Å². The quantitative estimate of drug-likeness (QED) is 0.0195. The third-order valence-corrected chi connectivity index (χ3v) is 12.5. The van der Waals surface area contributed by atoms with Crippen molar-refractivity contribution in [3.05, 3.63) is 60.8 Å². The molecule has 0 heterocycles. The molecule has 0 saturated carbocycles. The van der Waals surface area contributed by atoms with Crippen LogP contribution < -0.4 is 4.89 Å². The molecule has 0 saturated heterocycles. The molecule has 0 aromatic carbocycles. The van der Waals surface area contributed by atoms with Crippen molar-refractivity contribution < 1.29 is 42.1 Å². The van der Waals surface area contributed by atoms with Gasteiger partial charge in [-0.1, -0.05) is 203 Å². The van der Waals surface area contributed by atoms with Crippen LogP contribution in [-0.2, 0) is 32.7 Å². The van der Waals surface area contributed by atoms with Gasteiger partial charge in [-0.25, -0.2) is 0 Å². The summed E-state index contributed by atoms with van der Waals surface area (Å²) in [5, 5.41) is 0. The monoisotopic (exact) mass is 948 g/mol. The van der Waals surface area contributed by atoms with Crippen molar-refractivity contribution in [3.63, 3.8) is 0 Å². The highest BCUT2D eigenvalue weighted by Crippen LogP contribution is 2.38. The molecular formula is C56H102NO8P. The molecule has 0 fully saturated rings. The molecule has 0 bridgehead atoms. The number of ether oxygens (including phenoxy) is 2. The van der Waals surface area contributed by atoms with Gasteiger partial charge in [0, 0.05) is 12.8 Å². The summed E-state index contributed by atoms with van der Waals surface area (Å²) < 4.78 is 34.1. The van der Waals surface area contributed by atoms with Gasteiger partial charge in [0.1, 0.15) is 19.8 Å². The number of carbonyl (C=O) groups excluding carboxylic acids is 2. The highest BCUT2D eigenvalue weighted by Gasteiger charge is 2.21. The zero-order valence-corrected chi connectivity index (χ0v) is 44.3. The number of unbranched alkanes of at least 4 members (excludes halogenated alkanes) is 25. The Labute approximate surface area is 406 Å². The van der Waals surface area contributed by atoms with E-state index in [-0.39, 0.29) is 26.1 Å². The first-order chi connectivity index (χ1) is 32.0. The van der Waals surface area contributed by atoms with Crippen molar-refractivity contribution in [3.8, 4) is 0 Å². The summed E-state index contributed by atoms with van der Waals surface area (Å²) in [6.45, 7) is 4.12. The lowest BCUT2D eigenvalue weighted by Gasteiger charge is -2.28. The third kappa shape index (κ3) is 51.1. The second-order valence-electron chi connectivity index (χ2n) is 19.2. The number of likely N-dealkylation sites (N-methyl/N-ethyl adjacent to an activating group) is 1. The number of allylic oxidation sites excluding steroid dienone is 10. The predicted molar refractivity (Wildman–Crippen MR) is 277 cm³/mol. The van der Waals surface area contributed by atoms with Crippen molar-refractivity contribution in [2.24, 2.45) is 0 Å². The molecule has 384 valence electrons. The number of esters is 2. The van der Waals surface area contributed by atoms with Gasteiger partial charge in [-0.2, -0.15) is 0 Å². The molecule has 0 aliphatic heterocycles. The second kappa shape index (κ2) is 47.8. The minimum atomic E-state index is -4.63. The van der Waals surface area contributed by atoms with Crippen molar-refractivity contribution in [1.29, 1.82) is 0 Å². The van der Waals surface area contributed by atoms with Crippen LogP contribution in [0.4, 0.5) is 0 Å². The lowest BCUT2D eigenvalue weighted by molar-refractivity contribution is -0.870. The maximum absolute atomic E-state index is 12.8. The van der Waals surface area contributed by atoms with E-state index in [1.807, 2.05) is 21.1 Å². The summed E-state index contributed by atoms with van der Waals surface area (Å²) in [5.74, 6) is -0.840. The van der Waals surface area contributed by atoms with E-state index in [0.717, 1.165) is 83.5 Å². The van der Waals surface area contributed by atoms with Crippen LogP contribution in [-0.4, -0.2) is 70.0 Å². The fraction of sp³-hybridized carbons (Fsp3) is 0.786. The first kappa shape index (κ1) is 63.7. The fourth-order valence-electron chi connectivity index (χ4n) is 7.35. The van der Waals surface area contributed by atoms with Crippen molar-refractivity contribution in [2.75, 3.05) is 47.5 Å². The molecular weight excluding hydrogens is 846 g/mol. The largest absolute Gasteiger partial charge is 0.756 e. The van der Waals surface area contributed by atoms with E-state index in [0.29, 0.717) is 17.4 Å². The lowest BCUT2D eigenvalue weighted by Crippen LogP contribution is -2.37. The zero-order valence-electron chi connectivity index (χ0n) is 43.4. The van der Waals surface area contributed by atoms with Crippen LogP contribution >= 0.6 is 7.82 Å². The highest BCUT2D eigenvalue weighted by atomic mass is 31.2. The van der Waals surface area contributed by atoms with Crippen LogP contribution in [0.1, 0.15) is 232 Å². The van der Waals surface area contributed by atoms with E-state index in [4.69, 9.17) is 18.5 Å². The topological polar surface area (TPSA) is 111 Å². The number of carbonyl (C=O) groups is 2. The predicted octanol–water partition coefficient (Wildman–Crippen LogP) is 15.7. The number of rotatable bonds is 49. The summed E-state index contributed by atoms with van der Waals surface area (Å²) in [7, 11) is 1.16. The van der Waals surface area contributed by atoms with Gasteiger partial charge in [0.2, 0.25) is 0 Å². The Hall–Kier alpha value is -2.29. The number of hydrogen-bond donors (Lipinski definition) is 0. The SMILES string of the molecule is CC/C=C\C/C=C\C/C=C\C/C=C\CCCCCCCCCCCCCCCCC(=O)OC(COC(=O)CCCCCCC/C=C\CCCCCCCC)COP(=O)([O-])OCC[N+](C)(C)C. The molecule has 0 amide bonds. The number of nitrogens with zero attached hydrogens (tertiary/aromatic N) is 1. The van der Waals surface area contributed by atoms with Crippen LogP contribution in [0.5, 0.6) is 0 Å². The maximum atomic E-state index is 12.8. The molecule has 0 aliphatic rings. The average molecular weight is 948 g/mol. The van der Waals surface area contributed by atoms with E-state index in [1.54, 1.807) is 0 Å². The Kier molecular flexibility index (Phi) is 46.1. The molecule has 2 atom stereocenters. The van der Waals surface area contributed by atoms with Crippen molar-refractivity contribution in [2.45, 2.75) is 238 Å². The van der Waals surface area contributed by atoms with Gasteiger partial charge in [0.25, 0.3) is 7.82 Å². The summed E-state index contributed by atoms with van der Waals surface area (Å²) in [6, 6.07) is 0. The van der Waals surface area contributed by atoms with Crippen molar-refractivity contribution in [1.82, 2.24) is 0 Å². The Morgan fingerprint density at radius 2 is 0.864 bits per heavy atom. The number of hydrogen-bond acceptors (Lipinski definition) is 8. The average Bonchev–Trinajstić information content (AvgIpc) is 3.27. The van der Waals surface area contributed by atoms with Gasteiger partial charge in [0.05, 0.1) is 27.7 Å². The van der Waals surface area contributed by atoms with Crippen LogP contribution in [0.3, 0.4) is 0 Å². The van der Waals surface area contributed by atoms with Crippen LogP contribution in [0.2, 0.25) is 0 Å². The minimum Gasteiger partial charge on any atom is -0.756 e. The molecule has 10 heteroatoms. The number of phosphoric ester groups is 1. The van der Waals surface area contributed by atoms with Gasteiger partial charge in [-0.05, 0) is 77.0 Å². The molecule has 0 aromatic heterocycles. The zero-order chi connectivity index (χ0) is 48.5. The normalized spacial score (nSPS) is 13.8. The van der Waals surface area contributed by atoms with Gasteiger partial charge in [0.15, 0.2) is 6.10 Å². The van der Waals surface area contributed by atoms with Crippen LogP contribution in [0, 0.1) is 0 Å². The highest BCUT2D eigenvalue weighted by molar-refractivity contribution is 7.45. The molecule has 9 nitrogen and oxygen atoms in total. The van der Waals surface area contributed by atoms with Crippen molar-refractivity contribution >= 4 is 19.8 Å². The van der Waals surface area contributed by atoms with E-state index in [1.165, 1.54) is 116 Å². The maximum Gasteiger partial charge on any atom is 0.306 e. The van der Waals surface area contributed by atoms with Crippen LogP contribution in [0.15, 0.2) is 60.8 Å². The minimum absolute atomic E-state index is 0.0331. The molecule has 0 radical (unpaired) electrons. The first-order valence-corrected chi connectivity index (χ1v) is 28.5. The van der Waals surface area contributed by atoms with E-state index in [9.17, 15) is 19.0 Å². The molecule has 66 heavy (non-hydrogen) atoms. The fourth-order valence-corrected chi connectivity index (χ4v) is 8.08. The van der Waals surface area contributed by atoms with Crippen LogP contribution in [0.25, 0.3) is 0 Å². The van der Waals surface area contributed by atoms with Gasteiger partial charge in [-0.3, -0.25) is 14.2 Å². The smallest absolute Gasteiger partial charge is 0.306 e. The Bertz CT molecular complexity index is 1300. The number of phosphoric acid groups is 1. The molecule has 0 aromatic rings.